The van der Waals surface area contributed by atoms with Crippen LogP contribution in [0.25, 0.3) is 0 Å². The zero-order chi connectivity index (χ0) is 17.1. The van der Waals surface area contributed by atoms with Crippen molar-refractivity contribution < 1.29 is 4.74 Å². The number of piperazine rings is 1. The summed E-state index contributed by atoms with van der Waals surface area (Å²) in [7, 11) is 0. The summed E-state index contributed by atoms with van der Waals surface area (Å²) in [6.45, 7) is 7.31. The van der Waals surface area contributed by atoms with Crippen molar-refractivity contribution in [2.75, 3.05) is 49.2 Å². The third kappa shape index (κ3) is 3.71. The van der Waals surface area contributed by atoms with E-state index in [0.29, 0.717) is 5.92 Å². The maximum absolute atomic E-state index is 5.46. The number of rotatable bonds is 3. The Morgan fingerprint density at radius 3 is 2.32 bits per heavy atom. The first-order valence-corrected chi connectivity index (χ1v) is 8.98. The Balaban J connectivity index is 1.41. The highest BCUT2D eigenvalue weighted by atomic mass is 16.5. The van der Waals surface area contributed by atoms with Gasteiger partial charge in [-0.25, -0.2) is 19.9 Å². The van der Waals surface area contributed by atoms with Crippen LogP contribution in [-0.4, -0.2) is 59.3 Å². The zero-order valence-corrected chi connectivity index (χ0v) is 14.6. The van der Waals surface area contributed by atoms with Gasteiger partial charge in [0, 0.05) is 69.5 Å². The molecular weight excluding hydrogens is 316 g/mol. The molecule has 0 N–H and O–H groups in total. The molecule has 0 saturated carbocycles. The van der Waals surface area contributed by atoms with Crippen molar-refractivity contribution in [1.82, 2.24) is 19.9 Å². The summed E-state index contributed by atoms with van der Waals surface area (Å²) in [5.41, 5.74) is 2.24. The molecule has 132 valence electrons. The summed E-state index contributed by atoms with van der Waals surface area (Å²) >= 11 is 0. The van der Waals surface area contributed by atoms with Crippen molar-refractivity contribution in [3.05, 3.63) is 36.0 Å². The Bertz CT molecular complexity index is 693. The van der Waals surface area contributed by atoms with Crippen LogP contribution >= 0.6 is 0 Å². The number of nitrogens with zero attached hydrogens (tertiary/aromatic N) is 6. The number of anilines is 2. The standard InChI is InChI=1S/C18H24N6O/c1-14-11-19-18(20-12-14)24-6-4-23(5-7-24)17-10-16(21-13-22-17)15-2-8-25-9-3-15/h10-13,15H,2-9H2,1H3. The van der Waals surface area contributed by atoms with Crippen LogP contribution in [0.4, 0.5) is 11.8 Å². The van der Waals surface area contributed by atoms with E-state index in [4.69, 9.17) is 4.74 Å². The molecule has 7 heteroatoms. The molecular formula is C18H24N6O. The predicted octanol–water partition coefficient (Wildman–Crippen LogP) is 1.80. The molecule has 0 radical (unpaired) electrons. The molecule has 2 aliphatic rings. The number of aryl methyl sites for hydroxylation is 1. The molecule has 4 heterocycles. The zero-order valence-electron chi connectivity index (χ0n) is 14.6. The van der Waals surface area contributed by atoms with Crippen molar-refractivity contribution in [2.24, 2.45) is 0 Å². The fraction of sp³-hybridized carbons (Fsp3) is 0.556. The Labute approximate surface area is 148 Å². The second-order valence-electron chi connectivity index (χ2n) is 6.72. The van der Waals surface area contributed by atoms with E-state index in [1.54, 1.807) is 6.33 Å². The Morgan fingerprint density at radius 2 is 1.60 bits per heavy atom. The molecule has 0 amide bonds. The summed E-state index contributed by atoms with van der Waals surface area (Å²) in [5, 5.41) is 0. The van der Waals surface area contributed by atoms with E-state index in [0.717, 1.165) is 75.3 Å². The normalized spacial score (nSPS) is 19.2. The van der Waals surface area contributed by atoms with Crippen LogP contribution in [0.5, 0.6) is 0 Å². The predicted molar refractivity (Wildman–Crippen MR) is 96.0 cm³/mol. The van der Waals surface area contributed by atoms with Crippen molar-refractivity contribution in [1.29, 1.82) is 0 Å². The third-order valence-electron chi connectivity index (χ3n) is 4.97. The topological polar surface area (TPSA) is 67.3 Å². The summed E-state index contributed by atoms with van der Waals surface area (Å²) < 4.78 is 5.46. The summed E-state index contributed by atoms with van der Waals surface area (Å²) in [5.74, 6) is 2.34. The van der Waals surface area contributed by atoms with E-state index in [1.165, 1.54) is 0 Å². The van der Waals surface area contributed by atoms with Gasteiger partial charge in [-0.15, -0.1) is 0 Å². The Hall–Kier alpha value is -2.28. The van der Waals surface area contributed by atoms with Gasteiger partial charge in [-0.05, 0) is 25.3 Å². The van der Waals surface area contributed by atoms with Gasteiger partial charge >= 0.3 is 0 Å². The van der Waals surface area contributed by atoms with Gasteiger partial charge in [0.15, 0.2) is 0 Å². The molecule has 2 saturated heterocycles. The highest BCUT2D eigenvalue weighted by Crippen LogP contribution is 2.27. The Kier molecular flexibility index (Phi) is 4.74. The quantitative estimate of drug-likeness (QED) is 0.844. The van der Waals surface area contributed by atoms with Crippen LogP contribution in [-0.2, 0) is 4.74 Å². The molecule has 0 aromatic carbocycles. The average molecular weight is 340 g/mol. The van der Waals surface area contributed by atoms with Crippen LogP contribution in [0.15, 0.2) is 24.8 Å². The Morgan fingerprint density at radius 1 is 0.920 bits per heavy atom. The van der Waals surface area contributed by atoms with Crippen LogP contribution in [0.1, 0.15) is 30.0 Å². The number of hydrogen-bond donors (Lipinski definition) is 0. The van der Waals surface area contributed by atoms with Gasteiger partial charge in [-0.3, -0.25) is 0 Å². The van der Waals surface area contributed by atoms with E-state index in [1.807, 2.05) is 19.3 Å². The lowest BCUT2D eigenvalue weighted by Gasteiger charge is -2.35. The highest BCUT2D eigenvalue weighted by molar-refractivity contribution is 5.43. The van der Waals surface area contributed by atoms with Crippen LogP contribution < -0.4 is 9.80 Å². The molecule has 7 nitrogen and oxygen atoms in total. The fourth-order valence-electron chi connectivity index (χ4n) is 3.44. The van der Waals surface area contributed by atoms with Crippen molar-refractivity contribution in [2.45, 2.75) is 25.7 Å². The van der Waals surface area contributed by atoms with E-state index in [-0.39, 0.29) is 0 Å². The smallest absolute Gasteiger partial charge is 0.225 e. The molecule has 4 rings (SSSR count). The molecule has 0 aliphatic carbocycles. The third-order valence-corrected chi connectivity index (χ3v) is 4.97. The first-order chi connectivity index (χ1) is 12.3. The molecule has 25 heavy (non-hydrogen) atoms. The van der Waals surface area contributed by atoms with Crippen molar-refractivity contribution in [3.63, 3.8) is 0 Å². The molecule has 0 unspecified atom stereocenters. The van der Waals surface area contributed by atoms with Crippen molar-refractivity contribution in [3.8, 4) is 0 Å². The lowest BCUT2D eigenvalue weighted by atomic mass is 9.96. The number of aromatic nitrogens is 4. The van der Waals surface area contributed by atoms with Crippen LogP contribution in [0.2, 0.25) is 0 Å². The van der Waals surface area contributed by atoms with E-state index < -0.39 is 0 Å². The summed E-state index contributed by atoms with van der Waals surface area (Å²) in [4.78, 5) is 22.4. The minimum atomic E-state index is 0.498. The lowest BCUT2D eigenvalue weighted by molar-refractivity contribution is 0.0845. The molecule has 0 spiro atoms. The molecule has 0 bridgehead atoms. The van der Waals surface area contributed by atoms with Gasteiger partial charge < -0.3 is 14.5 Å². The monoisotopic (exact) mass is 340 g/mol. The largest absolute Gasteiger partial charge is 0.381 e. The fourth-order valence-corrected chi connectivity index (χ4v) is 3.44. The van der Waals surface area contributed by atoms with Crippen LogP contribution in [0, 0.1) is 6.92 Å². The maximum atomic E-state index is 5.46. The SMILES string of the molecule is Cc1cnc(N2CCN(c3cc(C4CCOCC4)ncn3)CC2)nc1. The molecule has 2 aromatic rings. The van der Waals surface area contributed by atoms with Gasteiger partial charge in [-0.1, -0.05) is 0 Å². The molecule has 2 fully saturated rings. The van der Waals surface area contributed by atoms with E-state index >= 15 is 0 Å². The van der Waals surface area contributed by atoms with Gasteiger partial charge in [0.2, 0.25) is 5.95 Å². The first-order valence-electron chi connectivity index (χ1n) is 8.98. The minimum Gasteiger partial charge on any atom is -0.381 e. The molecule has 0 atom stereocenters. The van der Waals surface area contributed by atoms with Gasteiger partial charge in [0.05, 0.1) is 0 Å². The summed E-state index contributed by atoms with van der Waals surface area (Å²) in [6, 6.07) is 2.16. The average Bonchev–Trinajstić information content (AvgIpc) is 2.70. The maximum Gasteiger partial charge on any atom is 0.225 e. The van der Waals surface area contributed by atoms with Gasteiger partial charge in [0.25, 0.3) is 0 Å². The van der Waals surface area contributed by atoms with Crippen molar-refractivity contribution >= 4 is 11.8 Å². The van der Waals surface area contributed by atoms with Gasteiger partial charge in [0.1, 0.15) is 12.1 Å². The second kappa shape index (κ2) is 7.31. The number of ether oxygens (including phenoxy) is 1. The highest BCUT2D eigenvalue weighted by Gasteiger charge is 2.22. The van der Waals surface area contributed by atoms with E-state index in [9.17, 15) is 0 Å². The van der Waals surface area contributed by atoms with E-state index in [2.05, 4.69) is 35.8 Å². The van der Waals surface area contributed by atoms with Crippen LogP contribution in [0.3, 0.4) is 0 Å². The first kappa shape index (κ1) is 16.2. The number of hydrogen-bond acceptors (Lipinski definition) is 7. The molecule has 2 aliphatic heterocycles. The van der Waals surface area contributed by atoms with Gasteiger partial charge in [-0.2, -0.15) is 0 Å². The second-order valence-corrected chi connectivity index (χ2v) is 6.72. The summed E-state index contributed by atoms with van der Waals surface area (Å²) in [6.07, 6.45) is 7.55. The molecule has 2 aromatic heterocycles. The lowest BCUT2D eigenvalue weighted by Crippen LogP contribution is -2.47. The minimum absolute atomic E-state index is 0.498.